The summed E-state index contributed by atoms with van der Waals surface area (Å²) in [6.45, 7) is 1.91. The van der Waals surface area contributed by atoms with E-state index in [9.17, 15) is 13.6 Å². The summed E-state index contributed by atoms with van der Waals surface area (Å²) < 4.78 is 28.2. The molecule has 0 bridgehead atoms. The van der Waals surface area contributed by atoms with E-state index in [1.807, 2.05) is 25.1 Å². The normalized spacial score (nSPS) is 13.6. The van der Waals surface area contributed by atoms with Gasteiger partial charge in [0.15, 0.2) is 11.6 Å². The number of carbonyl (C=O) groups is 1. The average molecular weight is 388 g/mol. The molecule has 2 aromatic carbocycles. The van der Waals surface area contributed by atoms with Crippen molar-refractivity contribution in [2.75, 3.05) is 5.32 Å². The fraction of sp³-hybridized carbons (Fsp3) is 0.200. The Morgan fingerprint density at radius 2 is 1.96 bits per heavy atom. The molecule has 0 spiro atoms. The van der Waals surface area contributed by atoms with Gasteiger partial charge in [-0.1, -0.05) is 17.7 Å². The van der Waals surface area contributed by atoms with E-state index in [-0.39, 0.29) is 11.6 Å². The molecule has 1 aromatic heterocycles. The van der Waals surface area contributed by atoms with Gasteiger partial charge in [-0.3, -0.25) is 4.79 Å². The molecule has 3 aromatic rings. The number of aromatic nitrogens is 2. The minimum absolute atomic E-state index is 0.187. The number of nitrogens with zero attached hydrogens (tertiary/aromatic N) is 2. The van der Waals surface area contributed by atoms with Crippen molar-refractivity contribution >= 4 is 23.2 Å². The van der Waals surface area contributed by atoms with Crippen LogP contribution in [0.4, 0.5) is 14.5 Å². The number of amides is 1. The summed E-state index contributed by atoms with van der Waals surface area (Å²) in [6.07, 6.45) is 3.43. The Labute approximate surface area is 159 Å². The van der Waals surface area contributed by atoms with Crippen molar-refractivity contribution in [1.82, 2.24) is 9.78 Å². The predicted molar refractivity (Wildman–Crippen MR) is 99.6 cm³/mol. The van der Waals surface area contributed by atoms with Crippen LogP contribution in [0.3, 0.4) is 0 Å². The summed E-state index contributed by atoms with van der Waals surface area (Å²) >= 11 is 6.23. The molecule has 4 rings (SSSR count). The number of carbonyl (C=O) groups excluding carboxylic acids is 1. The van der Waals surface area contributed by atoms with E-state index in [0.29, 0.717) is 10.6 Å². The van der Waals surface area contributed by atoms with Gasteiger partial charge in [-0.25, -0.2) is 13.5 Å². The molecule has 27 heavy (non-hydrogen) atoms. The molecule has 4 nitrogen and oxygen atoms in total. The Hall–Kier alpha value is -2.73. The van der Waals surface area contributed by atoms with E-state index in [1.54, 1.807) is 4.68 Å². The first-order valence-electron chi connectivity index (χ1n) is 8.55. The maximum Gasteiger partial charge on any atom is 0.259 e. The van der Waals surface area contributed by atoms with Gasteiger partial charge in [0.25, 0.3) is 5.91 Å². The van der Waals surface area contributed by atoms with Gasteiger partial charge >= 0.3 is 0 Å². The van der Waals surface area contributed by atoms with Gasteiger partial charge in [0.2, 0.25) is 0 Å². The zero-order valence-electron chi connectivity index (χ0n) is 14.5. The van der Waals surface area contributed by atoms with Crippen molar-refractivity contribution in [2.45, 2.75) is 25.7 Å². The van der Waals surface area contributed by atoms with Gasteiger partial charge < -0.3 is 5.32 Å². The molecule has 1 amide bonds. The van der Waals surface area contributed by atoms with Crippen LogP contribution in [-0.4, -0.2) is 15.7 Å². The van der Waals surface area contributed by atoms with Crippen molar-refractivity contribution in [1.29, 1.82) is 0 Å². The summed E-state index contributed by atoms with van der Waals surface area (Å²) in [6, 6.07) is 8.86. The summed E-state index contributed by atoms with van der Waals surface area (Å²) in [5, 5.41) is 7.61. The van der Waals surface area contributed by atoms with Crippen LogP contribution in [0.1, 0.15) is 40.4 Å². The Morgan fingerprint density at radius 3 is 2.63 bits per heavy atom. The second kappa shape index (κ2) is 6.78. The van der Waals surface area contributed by atoms with Gasteiger partial charge in [0.05, 0.1) is 23.1 Å². The molecular weight excluding hydrogens is 372 g/mol. The van der Waals surface area contributed by atoms with Crippen LogP contribution in [0.5, 0.6) is 0 Å². The van der Waals surface area contributed by atoms with Crippen molar-refractivity contribution in [2.24, 2.45) is 0 Å². The molecule has 1 aliphatic rings. The minimum atomic E-state index is -1.01. The Bertz CT molecular complexity index is 1040. The Morgan fingerprint density at radius 1 is 1.19 bits per heavy atom. The number of hydrogen-bond acceptors (Lipinski definition) is 2. The van der Waals surface area contributed by atoms with Gasteiger partial charge in [-0.15, -0.1) is 0 Å². The lowest BCUT2D eigenvalue weighted by Crippen LogP contribution is -2.14. The minimum Gasteiger partial charge on any atom is -0.322 e. The smallest absolute Gasteiger partial charge is 0.259 e. The first kappa shape index (κ1) is 17.7. The number of aryl methyl sites for hydroxylation is 1. The molecule has 0 atom stereocenters. The van der Waals surface area contributed by atoms with Crippen molar-refractivity contribution in [3.05, 3.63) is 76.1 Å². The van der Waals surface area contributed by atoms with Crippen LogP contribution >= 0.6 is 11.6 Å². The second-order valence-electron chi connectivity index (χ2n) is 6.65. The zero-order valence-corrected chi connectivity index (χ0v) is 15.2. The molecular formula is C20H16ClF2N3O. The summed E-state index contributed by atoms with van der Waals surface area (Å²) in [7, 11) is 0. The van der Waals surface area contributed by atoms with E-state index in [0.717, 1.165) is 41.9 Å². The maximum atomic E-state index is 13.4. The predicted octanol–water partition coefficient (Wildman–Crippen LogP) is 5.24. The molecule has 0 radical (unpaired) electrons. The molecule has 0 saturated heterocycles. The number of anilines is 1. The first-order chi connectivity index (χ1) is 12.9. The van der Waals surface area contributed by atoms with E-state index in [2.05, 4.69) is 10.4 Å². The molecule has 1 N–H and O–H groups in total. The fourth-order valence-electron chi connectivity index (χ4n) is 2.97. The molecule has 1 saturated carbocycles. The van der Waals surface area contributed by atoms with Gasteiger partial charge in [0, 0.05) is 22.7 Å². The number of rotatable bonds is 4. The third-order valence-electron chi connectivity index (χ3n) is 4.59. The summed E-state index contributed by atoms with van der Waals surface area (Å²) in [5.74, 6) is -2.15. The van der Waals surface area contributed by atoms with Crippen LogP contribution in [0.25, 0.3) is 5.69 Å². The third kappa shape index (κ3) is 3.45. The monoisotopic (exact) mass is 387 g/mol. The quantitative estimate of drug-likeness (QED) is 0.665. The highest BCUT2D eigenvalue weighted by molar-refractivity contribution is 6.31. The molecule has 1 heterocycles. The molecule has 1 fully saturated rings. The van der Waals surface area contributed by atoms with Crippen molar-refractivity contribution in [3.63, 3.8) is 0 Å². The highest BCUT2D eigenvalue weighted by atomic mass is 35.5. The summed E-state index contributed by atoms with van der Waals surface area (Å²) in [5.41, 5.74) is 3.14. The van der Waals surface area contributed by atoms with Gasteiger partial charge in [-0.05, 0) is 49.6 Å². The third-order valence-corrected chi connectivity index (χ3v) is 5.00. The highest BCUT2D eigenvalue weighted by Gasteiger charge is 2.33. The van der Waals surface area contributed by atoms with Crippen LogP contribution in [-0.2, 0) is 0 Å². The van der Waals surface area contributed by atoms with Gasteiger partial charge in [0.1, 0.15) is 0 Å². The summed E-state index contributed by atoms with van der Waals surface area (Å²) in [4.78, 5) is 12.7. The van der Waals surface area contributed by atoms with E-state index in [1.165, 1.54) is 12.3 Å². The SMILES string of the molecule is Cc1ccc(-n2ncc(C(=O)Nc3ccc(F)c(F)c3)c2C2CC2)cc1Cl. The molecule has 7 heteroatoms. The maximum absolute atomic E-state index is 13.4. The number of hydrogen-bond donors (Lipinski definition) is 1. The lowest BCUT2D eigenvalue weighted by Gasteiger charge is -2.11. The van der Waals surface area contributed by atoms with Crippen LogP contribution in [0.15, 0.2) is 42.6 Å². The number of benzene rings is 2. The van der Waals surface area contributed by atoms with Crippen molar-refractivity contribution < 1.29 is 13.6 Å². The first-order valence-corrected chi connectivity index (χ1v) is 8.92. The topological polar surface area (TPSA) is 46.9 Å². The fourth-order valence-corrected chi connectivity index (χ4v) is 3.15. The average Bonchev–Trinajstić information content (AvgIpc) is 3.38. The standard InChI is InChI=1S/C20H16ClF2N3O/c1-11-2-6-14(9-16(11)21)26-19(12-3-4-12)15(10-24-26)20(27)25-13-5-7-17(22)18(23)8-13/h2,5-10,12H,3-4H2,1H3,(H,25,27). The highest BCUT2D eigenvalue weighted by Crippen LogP contribution is 2.42. The van der Waals surface area contributed by atoms with Crippen LogP contribution in [0.2, 0.25) is 5.02 Å². The molecule has 0 aliphatic heterocycles. The largest absolute Gasteiger partial charge is 0.322 e. The van der Waals surface area contributed by atoms with Crippen LogP contribution in [0, 0.1) is 18.6 Å². The second-order valence-corrected chi connectivity index (χ2v) is 7.05. The van der Waals surface area contributed by atoms with Gasteiger partial charge in [-0.2, -0.15) is 5.10 Å². The van der Waals surface area contributed by atoms with Crippen LogP contribution < -0.4 is 5.32 Å². The lowest BCUT2D eigenvalue weighted by atomic mass is 10.1. The molecule has 138 valence electrons. The Balaban J connectivity index is 1.68. The molecule has 0 unspecified atom stereocenters. The number of halogens is 3. The zero-order chi connectivity index (χ0) is 19.1. The van der Waals surface area contributed by atoms with E-state index < -0.39 is 17.5 Å². The number of nitrogens with one attached hydrogen (secondary N) is 1. The van der Waals surface area contributed by atoms with Crippen molar-refractivity contribution in [3.8, 4) is 5.69 Å². The Kier molecular flexibility index (Phi) is 4.44. The lowest BCUT2D eigenvalue weighted by molar-refractivity contribution is 0.102. The van der Waals surface area contributed by atoms with E-state index >= 15 is 0 Å². The van der Waals surface area contributed by atoms with E-state index in [4.69, 9.17) is 11.6 Å². The molecule has 1 aliphatic carbocycles.